The monoisotopic (exact) mass is 614 g/mol. The first kappa shape index (κ1) is 32.6. The topological polar surface area (TPSA) is 67.3 Å². The number of urea groups is 1. The van der Waals surface area contributed by atoms with Crippen LogP contribution in [-0.4, -0.2) is 82.5 Å². The van der Waals surface area contributed by atoms with Crippen LogP contribution >= 0.6 is 0 Å². The summed E-state index contributed by atoms with van der Waals surface area (Å²) in [7, 11) is 1.20. The number of benzene rings is 2. The van der Waals surface area contributed by atoms with Gasteiger partial charge in [-0.3, -0.25) is 14.6 Å². The van der Waals surface area contributed by atoms with E-state index >= 15 is 0 Å². The highest BCUT2D eigenvalue weighted by Gasteiger charge is 2.43. The van der Waals surface area contributed by atoms with Crippen molar-refractivity contribution in [3.05, 3.63) is 70.0 Å². The van der Waals surface area contributed by atoms with Crippen LogP contribution in [0, 0.1) is 12.7 Å². The summed E-state index contributed by atoms with van der Waals surface area (Å²) >= 11 is 0. The van der Waals surface area contributed by atoms with Gasteiger partial charge >= 0.3 is 12.2 Å². The molecule has 2 aliphatic heterocycles. The van der Waals surface area contributed by atoms with Crippen LogP contribution in [0.1, 0.15) is 67.0 Å². The van der Waals surface area contributed by atoms with Gasteiger partial charge < -0.3 is 14.9 Å². The Kier molecular flexibility index (Phi) is 9.36. The van der Waals surface area contributed by atoms with Gasteiger partial charge in [0.05, 0.1) is 11.6 Å². The van der Waals surface area contributed by atoms with Crippen molar-refractivity contribution in [2.24, 2.45) is 0 Å². The molecule has 2 aliphatic rings. The molecule has 0 bridgehead atoms. The molecular formula is C30H36F6N4O3. The van der Waals surface area contributed by atoms with E-state index in [-0.39, 0.29) is 18.5 Å². The summed E-state index contributed by atoms with van der Waals surface area (Å²) in [5.41, 5.74) is -3.93. The quantitative estimate of drug-likeness (QED) is 0.348. The Morgan fingerprint density at radius 1 is 1.00 bits per heavy atom. The number of likely N-dealkylation sites (tertiary alicyclic amines) is 1. The van der Waals surface area contributed by atoms with Gasteiger partial charge in [0.25, 0.3) is 6.43 Å². The minimum atomic E-state index is -4.96. The first-order valence-electron chi connectivity index (χ1n) is 14.0. The zero-order valence-electron chi connectivity index (χ0n) is 24.5. The number of hydrogen-bond acceptors (Lipinski definition) is 4. The van der Waals surface area contributed by atoms with Gasteiger partial charge in [0.2, 0.25) is 5.91 Å². The summed E-state index contributed by atoms with van der Waals surface area (Å²) in [4.78, 5) is 32.1. The molecule has 2 fully saturated rings. The van der Waals surface area contributed by atoms with Crippen molar-refractivity contribution in [3.8, 4) is 0 Å². The van der Waals surface area contributed by atoms with E-state index in [1.54, 1.807) is 17.9 Å². The highest BCUT2D eigenvalue weighted by molar-refractivity contribution is 5.76. The van der Waals surface area contributed by atoms with Gasteiger partial charge in [-0.05, 0) is 68.1 Å². The average molecular weight is 615 g/mol. The molecule has 0 saturated carbocycles. The smallest absolute Gasteiger partial charge is 0.367 e. The molecule has 2 heterocycles. The molecule has 13 heteroatoms. The minimum absolute atomic E-state index is 0.00332. The number of halogens is 6. The Hall–Kier alpha value is -3.32. The number of aryl methyl sites for hydroxylation is 1. The van der Waals surface area contributed by atoms with Crippen molar-refractivity contribution in [2.45, 2.75) is 64.0 Å². The highest BCUT2D eigenvalue weighted by atomic mass is 19.4. The summed E-state index contributed by atoms with van der Waals surface area (Å²) < 4.78 is 81.7. The summed E-state index contributed by atoms with van der Waals surface area (Å²) in [6, 6.07) is 4.59. The number of piperidine rings is 1. The summed E-state index contributed by atoms with van der Waals surface area (Å²) in [5, 5.41) is 11.4. The molecule has 3 unspecified atom stereocenters. The molecular weight excluding hydrogens is 578 g/mol. The van der Waals surface area contributed by atoms with E-state index in [4.69, 9.17) is 0 Å². The molecule has 0 aromatic heterocycles. The van der Waals surface area contributed by atoms with E-state index in [2.05, 4.69) is 4.90 Å². The average Bonchev–Trinajstić information content (AvgIpc) is 2.95. The molecule has 3 atom stereocenters. The van der Waals surface area contributed by atoms with Crippen molar-refractivity contribution in [1.29, 1.82) is 0 Å². The van der Waals surface area contributed by atoms with Crippen molar-refractivity contribution in [2.75, 3.05) is 39.8 Å². The van der Waals surface area contributed by atoms with Gasteiger partial charge in [0.15, 0.2) is 5.72 Å². The first-order chi connectivity index (χ1) is 20.0. The standard InChI is InChI=1S/C30H36F6N4O3/c1-18-13-23(31)5-6-25(18)26-17-24(39-11-9-38(10-12-39)19(2)41)7-8-40(26)28(42)37(4)29(3,43)21-14-20(27(32)33)15-22(16-21)30(34,35)36/h5-6,13-16,24,26-27,43H,7-12,17H2,1-4H3. The molecule has 0 spiro atoms. The van der Waals surface area contributed by atoms with E-state index in [0.29, 0.717) is 62.3 Å². The van der Waals surface area contributed by atoms with E-state index < -0.39 is 52.9 Å². The lowest BCUT2D eigenvalue weighted by Gasteiger charge is -2.48. The third-order valence-electron chi connectivity index (χ3n) is 8.71. The second-order valence-corrected chi connectivity index (χ2v) is 11.4. The predicted molar refractivity (Wildman–Crippen MR) is 147 cm³/mol. The highest BCUT2D eigenvalue weighted by Crippen LogP contribution is 2.40. The van der Waals surface area contributed by atoms with Crippen LogP contribution in [0.25, 0.3) is 0 Å². The van der Waals surface area contributed by atoms with E-state index in [0.717, 1.165) is 17.9 Å². The van der Waals surface area contributed by atoms with Gasteiger partial charge in [-0.15, -0.1) is 0 Å². The van der Waals surface area contributed by atoms with Gasteiger partial charge in [0, 0.05) is 63.9 Å². The Bertz CT molecular complexity index is 1340. The molecule has 2 aromatic carbocycles. The molecule has 7 nitrogen and oxygen atoms in total. The fourth-order valence-electron chi connectivity index (χ4n) is 6.00. The number of hydrogen-bond donors (Lipinski definition) is 1. The number of piperazine rings is 1. The second kappa shape index (κ2) is 12.4. The number of aliphatic hydroxyl groups is 1. The lowest BCUT2D eigenvalue weighted by Crippen LogP contribution is -2.57. The molecule has 43 heavy (non-hydrogen) atoms. The van der Waals surface area contributed by atoms with Crippen LogP contribution in [0.4, 0.5) is 31.1 Å². The number of rotatable bonds is 5. The zero-order chi connectivity index (χ0) is 31.9. The molecule has 1 N–H and O–H groups in total. The number of carbonyl (C=O) groups excluding carboxylic acids is 2. The first-order valence-corrected chi connectivity index (χ1v) is 14.0. The second-order valence-electron chi connectivity index (χ2n) is 11.4. The van der Waals surface area contributed by atoms with Gasteiger partial charge in [0.1, 0.15) is 5.82 Å². The normalized spacial score (nSPS) is 21.6. The van der Waals surface area contributed by atoms with Crippen LogP contribution in [-0.2, 0) is 16.7 Å². The zero-order valence-corrected chi connectivity index (χ0v) is 24.5. The number of carbonyl (C=O) groups is 2. The maximum atomic E-state index is 14.0. The SMILES string of the molecule is CC(=O)N1CCN(C2CCN(C(=O)N(C)C(C)(O)c3cc(C(F)F)cc(C(F)(F)F)c3)C(c3ccc(F)cc3C)C2)CC1. The number of amides is 3. The Morgan fingerprint density at radius 2 is 1.63 bits per heavy atom. The number of nitrogens with zero attached hydrogens (tertiary/aromatic N) is 4. The molecule has 2 saturated heterocycles. The lowest BCUT2D eigenvalue weighted by atomic mass is 9.88. The van der Waals surface area contributed by atoms with Crippen molar-refractivity contribution < 1.29 is 41.0 Å². The minimum Gasteiger partial charge on any atom is -0.367 e. The molecule has 0 radical (unpaired) electrons. The molecule has 4 rings (SSSR count). The van der Waals surface area contributed by atoms with Crippen molar-refractivity contribution in [3.63, 3.8) is 0 Å². The van der Waals surface area contributed by atoms with Crippen LogP contribution < -0.4 is 0 Å². The van der Waals surface area contributed by atoms with Gasteiger partial charge in [-0.2, -0.15) is 13.2 Å². The molecule has 3 amide bonds. The fourth-order valence-corrected chi connectivity index (χ4v) is 6.00. The summed E-state index contributed by atoms with van der Waals surface area (Å²) in [5.74, 6) is -0.456. The maximum absolute atomic E-state index is 14.0. The Labute approximate surface area is 246 Å². The van der Waals surface area contributed by atoms with Crippen LogP contribution in [0.5, 0.6) is 0 Å². The fraction of sp³-hybridized carbons (Fsp3) is 0.533. The molecule has 236 valence electrons. The molecule has 0 aliphatic carbocycles. The summed E-state index contributed by atoms with van der Waals surface area (Å²) in [6.07, 6.45) is -7.20. The van der Waals surface area contributed by atoms with E-state index in [1.165, 1.54) is 31.0 Å². The van der Waals surface area contributed by atoms with Crippen LogP contribution in [0.3, 0.4) is 0 Å². The van der Waals surface area contributed by atoms with Crippen LogP contribution in [0.15, 0.2) is 36.4 Å². The Balaban J connectivity index is 1.65. The maximum Gasteiger partial charge on any atom is 0.416 e. The van der Waals surface area contributed by atoms with Crippen molar-refractivity contribution >= 4 is 11.9 Å². The third kappa shape index (κ3) is 6.93. The molecule has 2 aromatic rings. The Morgan fingerprint density at radius 3 is 2.19 bits per heavy atom. The summed E-state index contributed by atoms with van der Waals surface area (Å²) in [6.45, 7) is 6.94. The van der Waals surface area contributed by atoms with Gasteiger partial charge in [-0.25, -0.2) is 18.0 Å². The predicted octanol–water partition coefficient (Wildman–Crippen LogP) is 5.68. The lowest BCUT2D eigenvalue weighted by molar-refractivity contribution is -0.138. The van der Waals surface area contributed by atoms with Crippen LogP contribution in [0.2, 0.25) is 0 Å². The largest absolute Gasteiger partial charge is 0.416 e. The number of alkyl halides is 5. The van der Waals surface area contributed by atoms with Crippen molar-refractivity contribution in [1.82, 2.24) is 19.6 Å². The third-order valence-corrected chi connectivity index (χ3v) is 8.71. The van der Waals surface area contributed by atoms with E-state index in [9.17, 15) is 41.0 Å². The van der Waals surface area contributed by atoms with E-state index in [1.807, 2.05) is 0 Å². The van der Waals surface area contributed by atoms with Gasteiger partial charge in [-0.1, -0.05) is 6.07 Å².